The first-order valence-corrected chi connectivity index (χ1v) is 4.19. The van der Waals surface area contributed by atoms with Crippen LogP contribution in [-0.2, 0) is 9.57 Å². The molecule has 0 aromatic rings. The van der Waals surface area contributed by atoms with E-state index >= 15 is 0 Å². The Morgan fingerprint density at radius 1 is 1.33 bits per heavy atom. The maximum absolute atomic E-state index is 5.36. The van der Waals surface area contributed by atoms with Crippen LogP contribution in [0.4, 0.5) is 0 Å². The molecule has 1 aliphatic heterocycles. The van der Waals surface area contributed by atoms with Crippen LogP contribution in [0.2, 0.25) is 0 Å². The monoisotopic (exact) mass is 172 g/mol. The molecule has 0 radical (unpaired) electrons. The molecule has 0 aromatic carbocycles. The van der Waals surface area contributed by atoms with Gasteiger partial charge in [0.25, 0.3) is 0 Å². The second kappa shape index (κ2) is 5.00. The van der Waals surface area contributed by atoms with Crippen LogP contribution >= 0.6 is 0 Å². The van der Waals surface area contributed by atoms with E-state index in [1.165, 1.54) is 0 Å². The lowest BCUT2D eigenvalue weighted by Gasteiger charge is -2.17. The maximum atomic E-state index is 5.36. The molecule has 0 spiro atoms. The van der Waals surface area contributed by atoms with Gasteiger partial charge >= 0.3 is 0 Å². The number of rotatable bonds is 5. The highest BCUT2D eigenvalue weighted by Gasteiger charge is 2.07. The summed E-state index contributed by atoms with van der Waals surface area (Å²) in [7, 11) is 2.00. The van der Waals surface area contributed by atoms with Crippen LogP contribution in [0.1, 0.15) is 6.92 Å². The Hall–Kier alpha value is -0.740. The average Bonchev–Trinajstić information content (AvgIpc) is 2.45. The maximum Gasteiger partial charge on any atom is 0.115 e. The van der Waals surface area contributed by atoms with Gasteiger partial charge in [0, 0.05) is 26.1 Å². The van der Waals surface area contributed by atoms with Crippen molar-refractivity contribution in [3.8, 4) is 0 Å². The molecule has 70 valence electrons. The molecule has 0 fully saturated rings. The van der Waals surface area contributed by atoms with Crippen LogP contribution < -0.4 is 0 Å². The van der Waals surface area contributed by atoms with E-state index in [-0.39, 0.29) is 0 Å². The standard InChI is InChI=1S/C8H16N2O2/c1-3-11-6-7-12-10-5-4-9(2)8-10/h4-5H,3,6-8H2,1-2H3. The number of hydrogen-bond acceptors (Lipinski definition) is 4. The topological polar surface area (TPSA) is 24.9 Å². The van der Waals surface area contributed by atoms with Gasteiger partial charge in [0.2, 0.25) is 0 Å². The second-order valence-electron chi connectivity index (χ2n) is 2.64. The molecule has 0 atom stereocenters. The van der Waals surface area contributed by atoms with Crippen molar-refractivity contribution in [3.63, 3.8) is 0 Å². The number of nitrogens with zero attached hydrogens (tertiary/aromatic N) is 2. The average molecular weight is 172 g/mol. The van der Waals surface area contributed by atoms with Crippen molar-refractivity contribution in [1.29, 1.82) is 0 Å². The van der Waals surface area contributed by atoms with Gasteiger partial charge in [0.15, 0.2) is 0 Å². The Bertz CT molecular complexity index is 150. The third-order valence-electron chi connectivity index (χ3n) is 1.54. The van der Waals surface area contributed by atoms with Gasteiger partial charge in [-0.25, -0.2) is 5.06 Å². The van der Waals surface area contributed by atoms with Crippen LogP contribution in [0.5, 0.6) is 0 Å². The molecular formula is C8H16N2O2. The quantitative estimate of drug-likeness (QED) is 0.568. The highest BCUT2D eigenvalue weighted by atomic mass is 16.7. The summed E-state index contributed by atoms with van der Waals surface area (Å²) in [4.78, 5) is 7.40. The van der Waals surface area contributed by atoms with E-state index in [2.05, 4.69) is 0 Å². The number of ether oxygens (including phenoxy) is 1. The zero-order valence-corrected chi connectivity index (χ0v) is 7.69. The van der Waals surface area contributed by atoms with Crippen molar-refractivity contribution < 1.29 is 9.57 Å². The largest absolute Gasteiger partial charge is 0.379 e. The summed E-state index contributed by atoms with van der Waals surface area (Å²) in [6.07, 6.45) is 3.88. The molecule has 0 N–H and O–H groups in total. The molecule has 1 heterocycles. The predicted octanol–water partition coefficient (Wildman–Crippen LogP) is 0.631. The molecule has 4 nitrogen and oxygen atoms in total. The van der Waals surface area contributed by atoms with E-state index in [0.29, 0.717) is 13.2 Å². The molecule has 0 unspecified atom stereocenters. The zero-order valence-electron chi connectivity index (χ0n) is 7.69. The smallest absolute Gasteiger partial charge is 0.115 e. The van der Waals surface area contributed by atoms with Crippen molar-refractivity contribution in [3.05, 3.63) is 12.4 Å². The van der Waals surface area contributed by atoms with Gasteiger partial charge in [-0.3, -0.25) is 4.84 Å². The Labute approximate surface area is 73.3 Å². The van der Waals surface area contributed by atoms with Crippen LogP contribution in [0.15, 0.2) is 12.4 Å². The fourth-order valence-electron chi connectivity index (χ4n) is 0.944. The molecule has 0 aromatic heterocycles. The molecule has 0 bridgehead atoms. The van der Waals surface area contributed by atoms with Crippen LogP contribution in [0, 0.1) is 0 Å². The van der Waals surface area contributed by atoms with Crippen molar-refractivity contribution in [2.45, 2.75) is 6.92 Å². The summed E-state index contributed by atoms with van der Waals surface area (Å²) in [5, 5.41) is 1.79. The third-order valence-corrected chi connectivity index (χ3v) is 1.54. The van der Waals surface area contributed by atoms with Gasteiger partial charge in [0.05, 0.1) is 13.2 Å². The van der Waals surface area contributed by atoms with Gasteiger partial charge < -0.3 is 9.64 Å². The lowest BCUT2D eigenvalue weighted by molar-refractivity contribution is -0.139. The molecule has 1 rings (SSSR count). The van der Waals surface area contributed by atoms with E-state index in [1.807, 2.05) is 31.3 Å². The van der Waals surface area contributed by atoms with E-state index in [4.69, 9.17) is 9.57 Å². The minimum atomic E-state index is 0.617. The summed E-state index contributed by atoms with van der Waals surface area (Å²) in [6, 6.07) is 0. The molecule has 0 aliphatic carbocycles. The molecule has 4 heteroatoms. The highest BCUT2D eigenvalue weighted by Crippen LogP contribution is 2.03. The van der Waals surface area contributed by atoms with Crippen molar-refractivity contribution in [2.75, 3.05) is 33.5 Å². The predicted molar refractivity (Wildman–Crippen MR) is 46.1 cm³/mol. The summed E-state index contributed by atoms with van der Waals surface area (Å²) in [6.45, 7) is 4.80. The van der Waals surface area contributed by atoms with E-state index in [0.717, 1.165) is 13.3 Å². The molecule has 0 saturated carbocycles. The Balaban J connectivity index is 1.98. The van der Waals surface area contributed by atoms with Gasteiger partial charge in [-0.2, -0.15) is 0 Å². The Morgan fingerprint density at radius 3 is 2.75 bits per heavy atom. The summed E-state index contributed by atoms with van der Waals surface area (Å²) in [5.74, 6) is 0. The first kappa shape index (κ1) is 9.35. The fraction of sp³-hybridized carbons (Fsp3) is 0.750. The van der Waals surface area contributed by atoms with E-state index in [9.17, 15) is 0 Å². The van der Waals surface area contributed by atoms with E-state index < -0.39 is 0 Å². The molecule has 1 aliphatic rings. The van der Waals surface area contributed by atoms with Gasteiger partial charge in [0.1, 0.15) is 6.67 Å². The van der Waals surface area contributed by atoms with Gasteiger partial charge in [-0.15, -0.1) is 0 Å². The molecular weight excluding hydrogens is 156 g/mol. The lowest BCUT2D eigenvalue weighted by atomic mass is 10.7. The van der Waals surface area contributed by atoms with E-state index in [1.54, 1.807) is 5.06 Å². The number of hydroxylamine groups is 2. The minimum Gasteiger partial charge on any atom is -0.379 e. The van der Waals surface area contributed by atoms with Gasteiger partial charge in [-0.05, 0) is 6.92 Å². The Kier molecular flexibility index (Phi) is 3.90. The summed E-state index contributed by atoms with van der Waals surface area (Å²) < 4.78 is 5.13. The zero-order chi connectivity index (χ0) is 8.81. The second-order valence-corrected chi connectivity index (χ2v) is 2.64. The van der Waals surface area contributed by atoms with Crippen molar-refractivity contribution >= 4 is 0 Å². The van der Waals surface area contributed by atoms with Crippen LogP contribution in [0.25, 0.3) is 0 Å². The first-order chi connectivity index (χ1) is 5.83. The molecule has 12 heavy (non-hydrogen) atoms. The minimum absolute atomic E-state index is 0.617. The molecule has 0 saturated heterocycles. The highest BCUT2D eigenvalue weighted by molar-refractivity contribution is 4.84. The first-order valence-electron chi connectivity index (χ1n) is 4.19. The SMILES string of the molecule is CCOCCON1C=CN(C)C1. The van der Waals surface area contributed by atoms with Gasteiger partial charge in [-0.1, -0.05) is 0 Å². The molecule has 0 amide bonds. The number of hydrogen-bond donors (Lipinski definition) is 0. The normalized spacial score (nSPS) is 16.2. The Morgan fingerprint density at radius 2 is 2.17 bits per heavy atom. The fourth-order valence-corrected chi connectivity index (χ4v) is 0.944. The third kappa shape index (κ3) is 3.11. The van der Waals surface area contributed by atoms with Crippen LogP contribution in [-0.4, -0.2) is 43.5 Å². The van der Waals surface area contributed by atoms with Crippen LogP contribution in [0.3, 0.4) is 0 Å². The lowest BCUT2D eigenvalue weighted by Crippen LogP contribution is -2.24. The van der Waals surface area contributed by atoms with Crippen molar-refractivity contribution in [2.24, 2.45) is 0 Å². The summed E-state index contributed by atoms with van der Waals surface area (Å²) >= 11 is 0. The van der Waals surface area contributed by atoms with Crippen molar-refractivity contribution in [1.82, 2.24) is 9.96 Å². The summed E-state index contributed by atoms with van der Waals surface area (Å²) in [5.41, 5.74) is 0.